The molecule has 0 heterocycles. The number of carbonyl (C=O) groups is 1. The molecule has 2 rings (SSSR count). The van der Waals surface area contributed by atoms with Crippen molar-refractivity contribution in [2.24, 2.45) is 0 Å². The molecule has 1 atom stereocenters. The standard InChI is InChI=1S/C18H18Cl2NO4P/c1-3-24-26(23,25-15-7-5-4-6-8-15)18(16(19)20)21-17(22)14-11-9-13(2)10-12-14/h4-12H,3H2,1-2H3,(H,21,22)/t26-/m0/s1. The van der Waals surface area contributed by atoms with E-state index >= 15 is 0 Å². The number of halogens is 2. The van der Waals surface area contributed by atoms with Crippen molar-refractivity contribution in [3.8, 4) is 5.75 Å². The lowest BCUT2D eigenvalue weighted by molar-refractivity contribution is 0.0966. The van der Waals surface area contributed by atoms with E-state index in [4.69, 9.17) is 32.2 Å². The van der Waals surface area contributed by atoms with Gasteiger partial charge in [-0.3, -0.25) is 9.32 Å². The van der Waals surface area contributed by atoms with Gasteiger partial charge in [0.05, 0.1) is 6.61 Å². The summed E-state index contributed by atoms with van der Waals surface area (Å²) in [6.45, 7) is 3.61. The van der Waals surface area contributed by atoms with Crippen molar-refractivity contribution in [3.63, 3.8) is 0 Å². The van der Waals surface area contributed by atoms with E-state index in [-0.39, 0.29) is 12.0 Å². The molecule has 0 aliphatic rings. The van der Waals surface area contributed by atoms with Gasteiger partial charge in [-0.25, -0.2) is 4.57 Å². The Morgan fingerprint density at radius 1 is 1.08 bits per heavy atom. The Bertz CT molecular complexity index is 834. The van der Waals surface area contributed by atoms with Crippen LogP contribution in [0.2, 0.25) is 0 Å². The Labute approximate surface area is 162 Å². The van der Waals surface area contributed by atoms with Crippen molar-refractivity contribution in [1.82, 2.24) is 5.32 Å². The van der Waals surface area contributed by atoms with Crippen LogP contribution in [0.1, 0.15) is 22.8 Å². The molecule has 0 saturated carbocycles. The minimum absolute atomic E-state index is 0.0646. The van der Waals surface area contributed by atoms with E-state index < -0.39 is 18.0 Å². The van der Waals surface area contributed by atoms with E-state index in [1.807, 2.05) is 6.92 Å². The van der Waals surface area contributed by atoms with Crippen LogP contribution in [0.25, 0.3) is 0 Å². The summed E-state index contributed by atoms with van der Waals surface area (Å²) in [5, 5.41) is 2.46. The number of carbonyl (C=O) groups excluding carboxylic acids is 1. The molecule has 1 amide bonds. The molecule has 2 aromatic carbocycles. The molecular formula is C18H18Cl2NO4P. The van der Waals surface area contributed by atoms with Crippen molar-refractivity contribution in [1.29, 1.82) is 0 Å². The number of hydrogen-bond donors (Lipinski definition) is 1. The summed E-state index contributed by atoms with van der Waals surface area (Å²) in [6, 6.07) is 15.2. The summed E-state index contributed by atoms with van der Waals surface area (Å²) in [7, 11) is -4.01. The molecule has 5 nitrogen and oxygen atoms in total. The first-order valence-corrected chi connectivity index (χ1v) is 10.1. The SMILES string of the molecule is CCO[P@](=O)(Oc1ccccc1)C(NC(=O)c1ccc(C)cc1)=C(Cl)Cl. The Morgan fingerprint density at radius 2 is 1.69 bits per heavy atom. The van der Waals surface area contributed by atoms with Crippen LogP contribution in [0.5, 0.6) is 5.75 Å². The molecule has 0 spiro atoms. The van der Waals surface area contributed by atoms with Crippen LogP contribution < -0.4 is 9.84 Å². The maximum atomic E-state index is 13.3. The minimum atomic E-state index is -4.01. The predicted octanol–water partition coefficient (Wildman–Crippen LogP) is 5.64. The zero-order chi connectivity index (χ0) is 19.2. The lowest BCUT2D eigenvalue weighted by atomic mass is 10.1. The Morgan fingerprint density at radius 3 is 2.23 bits per heavy atom. The second-order valence-electron chi connectivity index (χ2n) is 5.25. The summed E-state index contributed by atoms with van der Waals surface area (Å²) in [5.41, 5.74) is 1.04. The highest BCUT2D eigenvalue weighted by atomic mass is 35.5. The van der Waals surface area contributed by atoms with Crippen LogP contribution in [-0.4, -0.2) is 12.5 Å². The second kappa shape index (κ2) is 9.24. The average molecular weight is 414 g/mol. The largest absolute Gasteiger partial charge is 0.429 e. The molecule has 0 radical (unpaired) electrons. The van der Waals surface area contributed by atoms with Gasteiger partial charge in [-0.05, 0) is 38.1 Å². The van der Waals surface area contributed by atoms with E-state index in [2.05, 4.69) is 5.32 Å². The predicted molar refractivity (Wildman–Crippen MR) is 104 cm³/mol. The maximum Gasteiger partial charge on any atom is 0.429 e. The molecule has 0 aliphatic carbocycles. The van der Waals surface area contributed by atoms with E-state index in [1.165, 1.54) is 0 Å². The first kappa shape index (κ1) is 20.5. The zero-order valence-electron chi connectivity index (χ0n) is 14.2. The van der Waals surface area contributed by atoms with Gasteiger partial charge in [-0.1, -0.05) is 59.1 Å². The zero-order valence-corrected chi connectivity index (χ0v) is 16.6. The normalized spacial score (nSPS) is 12.8. The van der Waals surface area contributed by atoms with Gasteiger partial charge in [-0.2, -0.15) is 0 Å². The topological polar surface area (TPSA) is 64.6 Å². The third-order valence-electron chi connectivity index (χ3n) is 3.27. The van der Waals surface area contributed by atoms with Gasteiger partial charge in [0.15, 0.2) is 5.44 Å². The number of aryl methyl sites for hydroxylation is 1. The van der Waals surface area contributed by atoms with E-state index in [0.29, 0.717) is 11.3 Å². The highest BCUT2D eigenvalue weighted by molar-refractivity contribution is 7.59. The number of amides is 1. The maximum absolute atomic E-state index is 13.3. The minimum Gasteiger partial charge on any atom is -0.420 e. The molecule has 0 fully saturated rings. The Hall–Kier alpha value is -1.78. The van der Waals surface area contributed by atoms with Crippen molar-refractivity contribution in [3.05, 3.63) is 75.7 Å². The van der Waals surface area contributed by atoms with Gasteiger partial charge >= 0.3 is 7.60 Å². The summed E-state index contributed by atoms with van der Waals surface area (Å²) in [6.07, 6.45) is 0. The molecular weight excluding hydrogens is 396 g/mol. The van der Waals surface area contributed by atoms with Gasteiger partial charge in [0.1, 0.15) is 10.2 Å². The summed E-state index contributed by atoms with van der Waals surface area (Å²) >= 11 is 11.8. The van der Waals surface area contributed by atoms with Crippen LogP contribution >= 0.6 is 30.8 Å². The summed E-state index contributed by atoms with van der Waals surface area (Å²) in [5.74, 6) is -0.239. The van der Waals surface area contributed by atoms with Gasteiger partial charge in [0, 0.05) is 5.56 Å². The molecule has 8 heteroatoms. The Balaban J connectivity index is 2.32. The first-order chi connectivity index (χ1) is 12.4. The van der Waals surface area contributed by atoms with Crippen LogP contribution in [-0.2, 0) is 9.09 Å². The third kappa shape index (κ3) is 5.36. The van der Waals surface area contributed by atoms with Crippen molar-refractivity contribution >= 4 is 36.7 Å². The molecule has 1 N–H and O–H groups in total. The van der Waals surface area contributed by atoms with Crippen LogP contribution in [0.4, 0.5) is 0 Å². The van der Waals surface area contributed by atoms with Crippen molar-refractivity contribution in [2.45, 2.75) is 13.8 Å². The first-order valence-electron chi connectivity index (χ1n) is 7.79. The van der Waals surface area contributed by atoms with Crippen LogP contribution in [0, 0.1) is 6.92 Å². The average Bonchev–Trinajstić information content (AvgIpc) is 2.60. The lowest BCUT2D eigenvalue weighted by Crippen LogP contribution is -2.25. The highest BCUT2D eigenvalue weighted by Crippen LogP contribution is 2.56. The molecule has 0 saturated heterocycles. The molecule has 2 aromatic rings. The molecule has 26 heavy (non-hydrogen) atoms. The molecule has 138 valence electrons. The van der Waals surface area contributed by atoms with Gasteiger partial charge < -0.3 is 9.84 Å². The lowest BCUT2D eigenvalue weighted by Gasteiger charge is -2.22. The van der Waals surface area contributed by atoms with E-state index in [1.54, 1.807) is 61.5 Å². The quantitative estimate of drug-likeness (QED) is 0.596. The van der Waals surface area contributed by atoms with Crippen molar-refractivity contribution < 1.29 is 18.4 Å². The number of para-hydroxylation sites is 1. The van der Waals surface area contributed by atoms with Gasteiger partial charge in [0.2, 0.25) is 0 Å². The number of rotatable bonds is 7. The Kier molecular flexibility index (Phi) is 7.30. The summed E-state index contributed by atoms with van der Waals surface area (Å²) < 4.78 is 23.7. The van der Waals surface area contributed by atoms with Crippen LogP contribution in [0.3, 0.4) is 0 Å². The monoisotopic (exact) mass is 413 g/mol. The van der Waals surface area contributed by atoms with Crippen molar-refractivity contribution in [2.75, 3.05) is 6.61 Å². The van der Waals surface area contributed by atoms with Crippen LogP contribution in [0.15, 0.2) is 64.5 Å². The number of nitrogens with one attached hydrogen (secondary N) is 1. The fraction of sp³-hybridized carbons (Fsp3) is 0.167. The molecule has 0 aliphatic heterocycles. The molecule has 0 bridgehead atoms. The highest BCUT2D eigenvalue weighted by Gasteiger charge is 2.36. The molecule has 0 aromatic heterocycles. The second-order valence-corrected chi connectivity index (χ2v) is 8.08. The fourth-order valence-corrected chi connectivity index (χ4v) is 4.20. The van der Waals surface area contributed by atoms with E-state index in [9.17, 15) is 9.36 Å². The number of hydrogen-bond acceptors (Lipinski definition) is 4. The van der Waals surface area contributed by atoms with Gasteiger partial charge in [-0.15, -0.1) is 0 Å². The number of benzene rings is 2. The third-order valence-corrected chi connectivity index (χ3v) is 5.84. The molecule has 0 unspecified atom stereocenters. The fourth-order valence-electron chi connectivity index (χ4n) is 2.03. The van der Waals surface area contributed by atoms with Gasteiger partial charge in [0.25, 0.3) is 5.91 Å². The smallest absolute Gasteiger partial charge is 0.420 e. The van der Waals surface area contributed by atoms with E-state index in [0.717, 1.165) is 5.56 Å². The summed E-state index contributed by atoms with van der Waals surface area (Å²) in [4.78, 5) is 12.5.